The number of halogens is 4. The number of aliphatic imine (C=N–C) groups is 1. The minimum Gasteiger partial charge on any atom is -0.467 e. The van der Waals surface area contributed by atoms with Gasteiger partial charge in [0.25, 0.3) is 5.91 Å². The molecule has 2 aromatic rings. The number of nitrogens with two attached hydrogens (primary N) is 2. The quantitative estimate of drug-likeness (QED) is 0.588. The highest BCUT2D eigenvalue weighted by Gasteiger charge is 2.32. The van der Waals surface area contributed by atoms with Crippen LogP contribution >= 0.6 is 11.8 Å². The first-order valence-corrected chi connectivity index (χ1v) is 9.87. The third-order valence-electron chi connectivity index (χ3n) is 4.38. The van der Waals surface area contributed by atoms with Gasteiger partial charge >= 0.3 is 6.18 Å². The Bertz CT molecular complexity index is 1030. The molecule has 1 unspecified atom stereocenters. The molecular weight excluding hydrogens is 440 g/mol. The van der Waals surface area contributed by atoms with Crippen molar-refractivity contribution in [3.8, 4) is 5.88 Å². The van der Waals surface area contributed by atoms with Crippen molar-refractivity contribution in [1.82, 2.24) is 9.97 Å². The van der Waals surface area contributed by atoms with E-state index in [1.165, 1.54) is 30.0 Å². The Morgan fingerprint density at radius 3 is 2.74 bits per heavy atom. The normalized spacial score (nSPS) is 18.9. The lowest BCUT2D eigenvalue weighted by atomic mass is 9.89. The summed E-state index contributed by atoms with van der Waals surface area (Å²) in [5, 5.41) is 2.86. The van der Waals surface area contributed by atoms with Crippen molar-refractivity contribution in [3.63, 3.8) is 0 Å². The van der Waals surface area contributed by atoms with Crippen LogP contribution in [0.2, 0.25) is 0 Å². The molecule has 1 aromatic heterocycles. The lowest BCUT2D eigenvalue weighted by molar-refractivity contribution is -0.154. The van der Waals surface area contributed by atoms with Gasteiger partial charge < -0.3 is 21.5 Å². The molecule has 0 radical (unpaired) electrons. The van der Waals surface area contributed by atoms with Crippen LogP contribution < -0.4 is 21.5 Å². The Morgan fingerprint density at radius 2 is 2.10 bits per heavy atom. The number of amides is 1. The van der Waals surface area contributed by atoms with E-state index in [9.17, 15) is 22.4 Å². The zero-order valence-electron chi connectivity index (χ0n) is 16.2. The second-order valence-corrected chi connectivity index (χ2v) is 7.93. The first-order chi connectivity index (χ1) is 14.5. The van der Waals surface area contributed by atoms with Crippen molar-refractivity contribution in [2.24, 2.45) is 10.7 Å². The number of rotatable bonds is 5. The van der Waals surface area contributed by atoms with Crippen molar-refractivity contribution in [3.05, 3.63) is 41.5 Å². The van der Waals surface area contributed by atoms with E-state index in [0.29, 0.717) is 17.3 Å². The van der Waals surface area contributed by atoms with Crippen LogP contribution in [-0.4, -0.2) is 39.6 Å². The van der Waals surface area contributed by atoms with Gasteiger partial charge in [0.05, 0.1) is 11.7 Å². The summed E-state index contributed by atoms with van der Waals surface area (Å²) >= 11 is 1.37. The molecule has 3 rings (SSSR count). The SMILES string of the molecule is CC1(c2cc(NC(=O)c3ncc(OCC(F)(F)F)nc3N)ccc2F)CCSC(N)=N1. The Balaban J connectivity index is 1.79. The van der Waals surface area contributed by atoms with Gasteiger partial charge in [-0.1, -0.05) is 11.8 Å². The predicted molar refractivity (Wildman–Crippen MR) is 108 cm³/mol. The standard InChI is InChI=1S/C18H18F4N6O2S/c1-17(4-5-31-16(24)28-17)10-6-9(2-3-11(10)19)26-15(29)13-14(23)27-12(7-25-13)30-8-18(20,21)22/h2-3,6-7H,4-5,8H2,1H3,(H2,23,27)(H2,24,28)(H,26,29). The van der Waals surface area contributed by atoms with E-state index in [1.54, 1.807) is 6.92 Å². The molecule has 0 spiro atoms. The van der Waals surface area contributed by atoms with E-state index in [2.05, 4.69) is 25.0 Å². The van der Waals surface area contributed by atoms with Gasteiger partial charge in [-0.05, 0) is 31.5 Å². The van der Waals surface area contributed by atoms with Crippen LogP contribution in [0, 0.1) is 5.82 Å². The van der Waals surface area contributed by atoms with Gasteiger partial charge in [0.15, 0.2) is 23.3 Å². The zero-order valence-corrected chi connectivity index (χ0v) is 17.0. The van der Waals surface area contributed by atoms with Crippen LogP contribution in [0.25, 0.3) is 0 Å². The number of nitrogens with zero attached hydrogens (tertiary/aromatic N) is 3. The lowest BCUT2D eigenvalue weighted by Gasteiger charge is -2.30. The maximum atomic E-state index is 14.5. The number of alkyl halides is 3. The molecule has 1 amide bonds. The van der Waals surface area contributed by atoms with Crippen LogP contribution in [-0.2, 0) is 5.54 Å². The summed E-state index contributed by atoms with van der Waals surface area (Å²) in [5.74, 6) is -1.52. The van der Waals surface area contributed by atoms with E-state index in [1.807, 2.05) is 0 Å². The summed E-state index contributed by atoms with van der Waals surface area (Å²) in [6, 6.07) is 3.96. The zero-order chi connectivity index (χ0) is 22.8. The first kappa shape index (κ1) is 22.6. The van der Waals surface area contributed by atoms with E-state index < -0.39 is 41.7 Å². The number of carbonyl (C=O) groups is 1. The summed E-state index contributed by atoms with van der Waals surface area (Å²) in [6.45, 7) is 0.169. The lowest BCUT2D eigenvalue weighted by Crippen LogP contribution is -2.30. The van der Waals surface area contributed by atoms with E-state index in [0.717, 1.165) is 6.20 Å². The summed E-state index contributed by atoms with van der Waals surface area (Å²) in [4.78, 5) is 24.2. The number of carbonyl (C=O) groups excluding carboxylic acids is 1. The minimum absolute atomic E-state index is 0.244. The Hall–Kier alpha value is -3.09. The number of hydrogen-bond acceptors (Lipinski definition) is 8. The predicted octanol–water partition coefficient (Wildman–Crippen LogP) is 3.06. The fraction of sp³-hybridized carbons (Fsp3) is 0.333. The fourth-order valence-corrected chi connectivity index (χ4v) is 3.85. The number of anilines is 2. The second-order valence-electron chi connectivity index (χ2n) is 6.82. The number of ether oxygens (including phenoxy) is 1. The van der Waals surface area contributed by atoms with E-state index in [4.69, 9.17) is 11.5 Å². The highest BCUT2D eigenvalue weighted by molar-refractivity contribution is 8.13. The molecule has 5 N–H and O–H groups in total. The number of hydrogen-bond donors (Lipinski definition) is 3. The summed E-state index contributed by atoms with van der Waals surface area (Å²) in [6.07, 6.45) is -3.16. The number of nitrogen functional groups attached to an aromatic ring is 1. The molecule has 1 atom stereocenters. The molecule has 1 aliphatic heterocycles. The molecule has 0 saturated heterocycles. The first-order valence-electron chi connectivity index (χ1n) is 8.88. The molecular formula is C18H18F4N6O2S. The molecule has 0 saturated carbocycles. The summed E-state index contributed by atoms with van der Waals surface area (Å²) < 4.78 is 55.6. The molecule has 13 heteroatoms. The maximum absolute atomic E-state index is 14.5. The average molecular weight is 458 g/mol. The summed E-state index contributed by atoms with van der Waals surface area (Å²) in [5.41, 5.74) is 10.7. The topological polar surface area (TPSA) is 129 Å². The van der Waals surface area contributed by atoms with Crippen LogP contribution in [0.1, 0.15) is 29.4 Å². The maximum Gasteiger partial charge on any atom is 0.422 e. The molecule has 166 valence electrons. The van der Waals surface area contributed by atoms with E-state index >= 15 is 0 Å². The largest absolute Gasteiger partial charge is 0.467 e. The number of benzene rings is 1. The smallest absolute Gasteiger partial charge is 0.422 e. The molecule has 2 heterocycles. The van der Waals surface area contributed by atoms with Crippen LogP contribution in [0.4, 0.5) is 29.1 Å². The number of thioether (sulfide) groups is 1. The minimum atomic E-state index is -4.56. The van der Waals surface area contributed by atoms with Gasteiger partial charge in [-0.15, -0.1) is 0 Å². The van der Waals surface area contributed by atoms with Crippen molar-refractivity contribution < 1.29 is 27.1 Å². The Kier molecular flexibility index (Phi) is 6.25. The second kappa shape index (κ2) is 8.57. The third kappa shape index (κ3) is 5.54. The third-order valence-corrected chi connectivity index (χ3v) is 5.17. The monoisotopic (exact) mass is 458 g/mol. The van der Waals surface area contributed by atoms with Gasteiger partial charge in [-0.3, -0.25) is 9.79 Å². The van der Waals surface area contributed by atoms with Crippen LogP contribution in [0.3, 0.4) is 0 Å². The molecule has 8 nitrogen and oxygen atoms in total. The Labute approximate surface area is 178 Å². The van der Waals surface area contributed by atoms with Crippen LogP contribution in [0.15, 0.2) is 29.4 Å². The van der Waals surface area contributed by atoms with Gasteiger partial charge in [0.1, 0.15) is 5.82 Å². The average Bonchev–Trinajstić information content (AvgIpc) is 2.67. The van der Waals surface area contributed by atoms with Gasteiger partial charge in [0, 0.05) is 17.0 Å². The van der Waals surface area contributed by atoms with Crippen molar-refractivity contribution >= 4 is 34.3 Å². The van der Waals surface area contributed by atoms with Crippen molar-refractivity contribution in [1.29, 1.82) is 0 Å². The van der Waals surface area contributed by atoms with Crippen molar-refractivity contribution in [2.45, 2.75) is 25.1 Å². The summed E-state index contributed by atoms with van der Waals surface area (Å²) in [7, 11) is 0. The van der Waals surface area contributed by atoms with Gasteiger partial charge in [-0.2, -0.15) is 18.2 Å². The Morgan fingerprint density at radius 1 is 1.35 bits per heavy atom. The molecule has 0 fully saturated rings. The van der Waals surface area contributed by atoms with Gasteiger partial charge in [0.2, 0.25) is 5.88 Å². The molecule has 0 aliphatic carbocycles. The number of aromatic nitrogens is 2. The van der Waals surface area contributed by atoms with Crippen molar-refractivity contribution in [2.75, 3.05) is 23.4 Å². The number of nitrogens with one attached hydrogen (secondary N) is 1. The van der Waals surface area contributed by atoms with E-state index in [-0.39, 0.29) is 16.9 Å². The molecule has 1 aliphatic rings. The molecule has 0 bridgehead atoms. The fourth-order valence-electron chi connectivity index (χ4n) is 2.87. The molecule has 1 aromatic carbocycles. The van der Waals surface area contributed by atoms with Gasteiger partial charge in [-0.25, -0.2) is 9.37 Å². The highest BCUT2D eigenvalue weighted by atomic mass is 32.2. The highest BCUT2D eigenvalue weighted by Crippen LogP contribution is 2.37. The van der Waals surface area contributed by atoms with Crippen LogP contribution in [0.5, 0.6) is 5.88 Å². The molecule has 31 heavy (non-hydrogen) atoms. The number of amidine groups is 1.